The van der Waals surface area contributed by atoms with Crippen LogP contribution < -0.4 is 10.1 Å². The number of alkyl halides is 2. The Labute approximate surface area is 153 Å². The van der Waals surface area contributed by atoms with Gasteiger partial charge in [-0.25, -0.2) is 4.79 Å². The number of allylic oxidation sites excluding steroid dienone is 2. The summed E-state index contributed by atoms with van der Waals surface area (Å²) in [6, 6.07) is 5.62. The quantitative estimate of drug-likeness (QED) is 0.451. The minimum Gasteiger partial charge on any atom is -0.435 e. The number of benzene rings is 1. The number of para-hydroxylation sites is 1. The Balaban J connectivity index is 2.62. The predicted molar refractivity (Wildman–Crippen MR) is 89.5 cm³/mol. The summed E-state index contributed by atoms with van der Waals surface area (Å²) >= 11 is 0. The maximum atomic E-state index is 12.8. The lowest BCUT2D eigenvalue weighted by atomic mass is 9.89. The number of rotatable bonds is 6. The molecule has 1 heterocycles. The van der Waals surface area contributed by atoms with Crippen LogP contribution in [0.1, 0.15) is 32.3 Å². The van der Waals surface area contributed by atoms with Gasteiger partial charge in [0.05, 0.1) is 22.9 Å². The molecule has 1 aromatic carbocycles. The molecule has 0 bridgehead atoms. The zero-order chi connectivity index (χ0) is 20.1. The van der Waals surface area contributed by atoms with E-state index in [2.05, 4.69) is 10.1 Å². The van der Waals surface area contributed by atoms with Crippen LogP contribution in [0.25, 0.3) is 0 Å². The van der Waals surface area contributed by atoms with Crippen molar-refractivity contribution in [2.24, 2.45) is 0 Å². The molecule has 1 aromatic rings. The minimum atomic E-state index is -3.13. The zero-order valence-electron chi connectivity index (χ0n) is 14.8. The van der Waals surface area contributed by atoms with Crippen molar-refractivity contribution in [3.8, 4) is 5.75 Å². The average Bonchev–Trinajstić information content (AvgIpc) is 2.57. The molecular weight excluding hydrogens is 366 g/mol. The second-order valence-corrected chi connectivity index (χ2v) is 5.52. The number of nitrogens with one attached hydrogen (secondary N) is 1. The lowest BCUT2D eigenvalue weighted by molar-refractivity contribution is -0.431. The van der Waals surface area contributed by atoms with E-state index < -0.39 is 23.6 Å². The normalized spacial score (nSPS) is 16.9. The Bertz CT molecular complexity index is 806. The maximum Gasteiger partial charge on any atom is 0.513 e. The van der Waals surface area contributed by atoms with Crippen LogP contribution >= 0.6 is 0 Å². The summed E-state index contributed by atoms with van der Waals surface area (Å²) in [7, 11) is 0. The van der Waals surface area contributed by atoms with Crippen molar-refractivity contribution in [3.63, 3.8) is 0 Å². The van der Waals surface area contributed by atoms with Crippen molar-refractivity contribution in [1.29, 1.82) is 0 Å². The van der Waals surface area contributed by atoms with Crippen molar-refractivity contribution in [2.45, 2.75) is 33.3 Å². The number of dihydropyridines is 1. The lowest BCUT2D eigenvalue weighted by Crippen LogP contribution is -2.30. The molecule has 0 spiro atoms. The molecule has 0 saturated carbocycles. The van der Waals surface area contributed by atoms with Gasteiger partial charge >= 0.3 is 12.8 Å². The first-order valence-electron chi connectivity index (χ1n) is 7.97. The Kier molecular flexibility index (Phi) is 6.32. The van der Waals surface area contributed by atoms with Gasteiger partial charge in [-0.05, 0) is 26.8 Å². The van der Waals surface area contributed by atoms with Crippen LogP contribution in [0.15, 0.2) is 47.1 Å². The SMILES string of the molecule is CCOC(=O)OC1=C(C)NC(C)=C([N+](=O)[O-])C1c1ccccc1OC(F)F. The third-order valence-corrected chi connectivity index (χ3v) is 3.76. The number of ether oxygens (including phenoxy) is 3. The number of carbonyl (C=O) groups is 1. The fourth-order valence-corrected chi connectivity index (χ4v) is 2.79. The number of nitrogens with zero attached hydrogens (tertiary/aromatic N) is 1. The van der Waals surface area contributed by atoms with Crippen LogP contribution in [0.5, 0.6) is 5.75 Å². The Morgan fingerprint density at radius 2 is 1.96 bits per heavy atom. The first-order chi connectivity index (χ1) is 12.8. The van der Waals surface area contributed by atoms with Gasteiger partial charge in [-0.15, -0.1) is 0 Å². The molecule has 0 radical (unpaired) electrons. The molecule has 0 aliphatic carbocycles. The van der Waals surface area contributed by atoms with Crippen molar-refractivity contribution < 1.29 is 32.7 Å². The van der Waals surface area contributed by atoms with Crippen molar-refractivity contribution in [1.82, 2.24) is 5.32 Å². The molecule has 0 fully saturated rings. The van der Waals surface area contributed by atoms with E-state index in [1.165, 1.54) is 31.2 Å². The van der Waals surface area contributed by atoms with Gasteiger partial charge < -0.3 is 19.5 Å². The van der Waals surface area contributed by atoms with E-state index in [1.807, 2.05) is 0 Å². The summed E-state index contributed by atoms with van der Waals surface area (Å²) in [5.41, 5.74) is 0.197. The van der Waals surface area contributed by atoms with E-state index in [9.17, 15) is 23.7 Å². The van der Waals surface area contributed by atoms with E-state index >= 15 is 0 Å². The van der Waals surface area contributed by atoms with E-state index in [0.29, 0.717) is 5.70 Å². The van der Waals surface area contributed by atoms with Crippen LogP contribution in [-0.2, 0) is 9.47 Å². The summed E-state index contributed by atoms with van der Waals surface area (Å²) in [6.07, 6.45) is -1.06. The Hall–Kier alpha value is -3.17. The molecule has 27 heavy (non-hydrogen) atoms. The first-order valence-corrected chi connectivity index (χ1v) is 7.97. The molecule has 8 nitrogen and oxygen atoms in total. The predicted octanol–water partition coefficient (Wildman–Crippen LogP) is 3.89. The summed E-state index contributed by atoms with van der Waals surface area (Å²) in [4.78, 5) is 22.8. The van der Waals surface area contributed by atoms with Gasteiger partial charge in [0.1, 0.15) is 17.4 Å². The lowest BCUT2D eigenvalue weighted by Gasteiger charge is -2.27. The Morgan fingerprint density at radius 1 is 1.30 bits per heavy atom. The van der Waals surface area contributed by atoms with Gasteiger partial charge in [0.25, 0.3) is 5.70 Å². The van der Waals surface area contributed by atoms with Crippen molar-refractivity contribution in [2.75, 3.05) is 6.61 Å². The molecule has 0 saturated heterocycles. The van der Waals surface area contributed by atoms with Gasteiger partial charge in [0, 0.05) is 5.56 Å². The highest BCUT2D eigenvalue weighted by Crippen LogP contribution is 2.42. The molecular formula is C17H18F2N2O6. The number of hydrogen-bond acceptors (Lipinski definition) is 7. The molecule has 10 heteroatoms. The topological polar surface area (TPSA) is 99.9 Å². The summed E-state index contributed by atoms with van der Waals surface area (Å²) in [5, 5.41) is 14.4. The van der Waals surface area contributed by atoms with Gasteiger partial charge in [-0.1, -0.05) is 18.2 Å². The molecule has 1 atom stereocenters. The summed E-state index contributed by atoms with van der Waals surface area (Å²) in [5.74, 6) is -1.64. The highest BCUT2D eigenvalue weighted by Gasteiger charge is 2.41. The fourth-order valence-electron chi connectivity index (χ4n) is 2.79. The van der Waals surface area contributed by atoms with E-state index in [1.54, 1.807) is 13.8 Å². The van der Waals surface area contributed by atoms with Crippen LogP contribution in [0.3, 0.4) is 0 Å². The summed E-state index contributed by atoms with van der Waals surface area (Å²) < 4.78 is 40.0. The molecule has 146 valence electrons. The van der Waals surface area contributed by atoms with Gasteiger partial charge in [-0.3, -0.25) is 10.1 Å². The molecule has 1 N–H and O–H groups in total. The smallest absolute Gasteiger partial charge is 0.435 e. The largest absolute Gasteiger partial charge is 0.513 e. The average molecular weight is 384 g/mol. The van der Waals surface area contributed by atoms with Gasteiger partial charge in [0.2, 0.25) is 0 Å². The van der Waals surface area contributed by atoms with Crippen LogP contribution in [0.2, 0.25) is 0 Å². The molecule has 1 unspecified atom stereocenters. The van der Waals surface area contributed by atoms with Crippen molar-refractivity contribution >= 4 is 6.16 Å². The van der Waals surface area contributed by atoms with Crippen LogP contribution in [0, 0.1) is 10.1 Å². The number of halogens is 2. The van der Waals surface area contributed by atoms with Gasteiger partial charge in [0.15, 0.2) is 0 Å². The standard InChI is InChI=1S/C17H18F2N2O6/c1-4-25-17(22)27-15-10(3)20-9(2)14(21(23)24)13(15)11-7-5-6-8-12(11)26-16(18)19/h5-8,13,16,20H,4H2,1-3H3. The van der Waals surface area contributed by atoms with E-state index in [-0.39, 0.29) is 35.1 Å². The minimum absolute atomic E-state index is 0.0330. The zero-order valence-corrected chi connectivity index (χ0v) is 14.8. The first kappa shape index (κ1) is 20.1. The van der Waals surface area contributed by atoms with Crippen LogP contribution in [0.4, 0.5) is 13.6 Å². The Morgan fingerprint density at radius 3 is 2.56 bits per heavy atom. The molecule has 2 rings (SSSR count). The molecule has 0 amide bonds. The monoisotopic (exact) mass is 384 g/mol. The van der Waals surface area contributed by atoms with E-state index in [0.717, 1.165) is 0 Å². The molecule has 0 aromatic heterocycles. The number of carbonyl (C=O) groups excluding carboxylic acids is 1. The second-order valence-electron chi connectivity index (χ2n) is 5.52. The van der Waals surface area contributed by atoms with Crippen LogP contribution in [-0.4, -0.2) is 24.3 Å². The maximum absolute atomic E-state index is 12.8. The fraction of sp³-hybridized carbons (Fsp3) is 0.353. The third-order valence-electron chi connectivity index (χ3n) is 3.76. The van der Waals surface area contributed by atoms with Crippen molar-refractivity contribution in [3.05, 3.63) is 62.8 Å². The highest BCUT2D eigenvalue weighted by atomic mass is 19.3. The second kappa shape index (κ2) is 8.47. The molecule has 1 aliphatic rings. The third kappa shape index (κ3) is 4.52. The van der Waals surface area contributed by atoms with Gasteiger partial charge in [-0.2, -0.15) is 8.78 Å². The number of hydrogen-bond donors (Lipinski definition) is 1. The highest BCUT2D eigenvalue weighted by molar-refractivity contribution is 5.63. The summed E-state index contributed by atoms with van der Waals surface area (Å²) in [6.45, 7) is 1.48. The number of nitro groups is 1. The molecule has 1 aliphatic heterocycles. The van der Waals surface area contributed by atoms with E-state index in [4.69, 9.17) is 9.47 Å².